The number of nitrogens with one attached hydrogen (secondary N) is 1. The molecule has 1 heterocycles. The molecule has 0 aliphatic rings. The lowest BCUT2D eigenvalue weighted by Crippen LogP contribution is -2.20. The van der Waals surface area contributed by atoms with Crippen molar-refractivity contribution in [2.75, 3.05) is 27.2 Å². The fraction of sp³-hybridized carbons (Fsp3) is 0.353. The Hall–Kier alpha value is -2.11. The van der Waals surface area contributed by atoms with E-state index in [4.69, 9.17) is 9.52 Å². The van der Waals surface area contributed by atoms with Gasteiger partial charge in [-0.05, 0) is 57.9 Å². The van der Waals surface area contributed by atoms with E-state index < -0.39 is 5.97 Å². The van der Waals surface area contributed by atoms with Crippen molar-refractivity contribution >= 4 is 5.97 Å². The number of rotatable bonds is 8. The van der Waals surface area contributed by atoms with Gasteiger partial charge in [-0.1, -0.05) is 12.1 Å². The molecule has 0 saturated heterocycles. The molecule has 22 heavy (non-hydrogen) atoms. The summed E-state index contributed by atoms with van der Waals surface area (Å²) in [5.74, 6) is 0.706. The smallest absolute Gasteiger partial charge is 0.335 e. The molecule has 0 aliphatic heterocycles. The highest BCUT2D eigenvalue weighted by Crippen LogP contribution is 2.22. The van der Waals surface area contributed by atoms with E-state index >= 15 is 0 Å². The first-order valence-electron chi connectivity index (χ1n) is 7.34. The predicted octanol–water partition coefficient (Wildman–Crippen LogP) is 2.69. The average molecular weight is 302 g/mol. The van der Waals surface area contributed by atoms with Crippen LogP contribution < -0.4 is 5.32 Å². The Morgan fingerprint density at radius 2 is 1.91 bits per heavy atom. The first-order valence-corrected chi connectivity index (χ1v) is 7.34. The SMILES string of the molecule is CN(C)CCCNCc1ccc(-c2ccc(C(=O)O)cc2)o1. The largest absolute Gasteiger partial charge is 0.478 e. The van der Waals surface area contributed by atoms with Crippen LogP contribution in [0.2, 0.25) is 0 Å². The quantitative estimate of drug-likeness (QED) is 0.734. The van der Waals surface area contributed by atoms with Gasteiger partial charge in [0.1, 0.15) is 11.5 Å². The summed E-state index contributed by atoms with van der Waals surface area (Å²) < 4.78 is 5.78. The van der Waals surface area contributed by atoms with Gasteiger partial charge < -0.3 is 19.7 Å². The summed E-state index contributed by atoms with van der Waals surface area (Å²) in [4.78, 5) is 13.0. The Bertz CT molecular complexity index is 603. The molecular weight excluding hydrogens is 280 g/mol. The van der Waals surface area contributed by atoms with Crippen LogP contribution in [0.5, 0.6) is 0 Å². The van der Waals surface area contributed by atoms with E-state index in [0.717, 1.165) is 36.6 Å². The second kappa shape index (κ2) is 7.77. The van der Waals surface area contributed by atoms with E-state index in [-0.39, 0.29) is 5.56 Å². The predicted molar refractivity (Wildman–Crippen MR) is 86.0 cm³/mol. The summed E-state index contributed by atoms with van der Waals surface area (Å²) in [5, 5.41) is 12.2. The Kier molecular flexibility index (Phi) is 5.75. The number of nitrogens with zero attached hydrogens (tertiary/aromatic N) is 1. The molecule has 2 aromatic rings. The van der Waals surface area contributed by atoms with E-state index in [1.807, 2.05) is 12.1 Å². The van der Waals surface area contributed by atoms with Crippen molar-refractivity contribution in [3.63, 3.8) is 0 Å². The van der Waals surface area contributed by atoms with Gasteiger partial charge in [0.2, 0.25) is 0 Å². The molecule has 0 bridgehead atoms. The topological polar surface area (TPSA) is 65.7 Å². The van der Waals surface area contributed by atoms with Gasteiger partial charge in [-0.3, -0.25) is 0 Å². The molecule has 2 N–H and O–H groups in total. The van der Waals surface area contributed by atoms with Gasteiger partial charge in [0.15, 0.2) is 0 Å². The standard InChI is InChI=1S/C17H22N2O3/c1-19(2)11-3-10-18-12-15-8-9-16(22-15)13-4-6-14(7-5-13)17(20)21/h4-9,18H,3,10-12H2,1-2H3,(H,20,21). The zero-order valence-corrected chi connectivity index (χ0v) is 13.0. The van der Waals surface area contributed by atoms with Gasteiger partial charge in [-0.25, -0.2) is 4.79 Å². The number of aromatic carboxylic acids is 1. The van der Waals surface area contributed by atoms with Crippen LogP contribution in [0, 0.1) is 0 Å². The molecular formula is C17H22N2O3. The van der Waals surface area contributed by atoms with Crippen molar-refractivity contribution in [2.24, 2.45) is 0 Å². The molecule has 118 valence electrons. The highest BCUT2D eigenvalue weighted by atomic mass is 16.4. The van der Waals surface area contributed by atoms with Gasteiger partial charge in [-0.2, -0.15) is 0 Å². The fourth-order valence-electron chi connectivity index (χ4n) is 2.14. The van der Waals surface area contributed by atoms with E-state index in [0.29, 0.717) is 6.54 Å². The molecule has 5 nitrogen and oxygen atoms in total. The van der Waals surface area contributed by atoms with Crippen molar-refractivity contribution in [1.29, 1.82) is 0 Å². The molecule has 0 radical (unpaired) electrons. The van der Waals surface area contributed by atoms with Crippen LogP contribution in [-0.4, -0.2) is 43.2 Å². The summed E-state index contributed by atoms with van der Waals surface area (Å²) >= 11 is 0. The minimum atomic E-state index is -0.923. The van der Waals surface area contributed by atoms with E-state index in [9.17, 15) is 4.79 Å². The van der Waals surface area contributed by atoms with Crippen LogP contribution >= 0.6 is 0 Å². The first kappa shape index (κ1) is 16.3. The Morgan fingerprint density at radius 1 is 1.18 bits per heavy atom. The number of furan rings is 1. The molecule has 0 fully saturated rings. The molecule has 0 spiro atoms. The third-order valence-electron chi connectivity index (χ3n) is 3.34. The lowest BCUT2D eigenvalue weighted by molar-refractivity contribution is 0.0697. The van der Waals surface area contributed by atoms with Crippen LogP contribution in [0.25, 0.3) is 11.3 Å². The highest BCUT2D eigenvalue weighted by molar-refractivity contribution is 5.88. The average Bonchev–Trinajstić information content (AvgIpc) is 2.95. The van der Waals surface area contributed by atoms with Crippen molar-refractivity contribution in [3.05, 3.63) is 47.7 Å². The number of carboxylic acid groups (broad SMARTS) is 1. The van der Waals surface area contributed by atoms with E-state index in [1.54, 1.807) is 24.3 Å². The van der Waals surface area contributed by atoms with Crippen molar-refractivity contribution in [1.82, 2.24) is 10.2 Å². The normalized spacial score (nSPS) is 11.0. The van der Waals surface area contributed by atoms with Crippen LogP contribution in [0.4, 0.5) is 0 Å². The van der Waals surface area contributed by atoms with Crippen LogP contribution in [0.1, 0.15) is 22.5 Å². The van der Waals surface area contributed by atoms with Crippen LogP contribution in [0.15, 0.2) is 40.8 Å². The monoisotopic (exact) mass is 302 g/mol. The molecule has 0 saturated carbocycles. The van der Waals surface area contributed by atoms with Crippen LogP contribution in [0.3, 0.4) is 0 Å². The third-order valence-corrected chi connectivity index (χ3v) is 3.34. The van der Waals surface area contributed by atoms with Crippen molar-refractivity contribution < 1.29 is 14.3 Å². The lowest BCUT2D eigenvalue weighted by atomic mass is 10.1. The number of carboxylic acids is 1. The summed E-state index contributed by atoms with van der Waals surface area (Å²) in [6.45, 7) is 2.70. The zero-order valence-electron chi connectivity index (χ0n) is 13.0. The molecule has 1 aromatic carbocycles. The third kappa shape index (κ3) is 4.72. The maximum absolute atomic E-state index is 10.8. The summed E-state index contributed by atoms with van der Waals surface area (Å²) in [5.41, 5.74) is 1.15. The van der Waals surface area contributed by atoms with Crippen LogP contribution in [-0.2, 0) is 6.54 Å². The Balaban J connectivity index is 1.87. The van der Waals surface area contributed by atoms with Gasteiger partial charge in [0.25, 0.3) is 0 Å². The maximum atomic E-state index is 10.8. The second-order valence-electron chi connectivity index (χ2n) is 5.48. The number of hydrogen-bond donors (Lipinski definition) is 2. The lowest BCUT2D eigenvalue weighted by Gasteiger charge is -2.09. The zero-order chi connectivity index (χ0) is 15.9. The second-order valence-corrected chi connectivity index (χ2v) is 5.48. The Labute approximate surface area is 130 Å². The van der Waals surface area contributed by atoms with Gasteiger partial charge in [0, 0.05) is 5.56 Å². The first-order chi connectivity index (χ1) is 10.6. The van der Waals surface area contributed by atoms with Gasteiger partial charge >= 0.3 is 5.97 Å². The van der Waals surface area contributed by atoms with E-state index in [2.05, 4.69) is 24.3 Å². The maximum Gasteiger partial charge on any atom is 0.335 e. The summed E-state index contributed by atoms with van der Waals surface area (Å²) in [6.07, 6.45) is 1.09. The molecule has 1 aromatic heterocycles. The molecule has 0 amide bonds. The van der Waals surface area contributed by atoms with E-state index in [1.165, 1.54) is 0 Å². The number of carbonyl (C=O) groups is 1. The minimum absolute atomic E-state index is 0.276. The van der Waals surface area contributed by atoms with Gasteiger partial charge in [-0.15, -0.1) is 0 Å². The summed E-state index contributed by atoms with van der Waals surface area (Å²) in [6, 6.07) is 10.5. The van der Waals surface area contributed by atoms with Crippen molar-refractivity contribution in [3.8, 4) is 11.3 Å². The van der Waals surface area contributed by atoms with Crippen molar-refractivity contribution in [2.45, 2.75) is 13.0 Å². The fourth-order valence-corrected chi connectivity index (χ4v) is 2.14. The minimum Gasteiger partial charge on any atom is -0.478 e. The molecule has 0 atom stereocenters. The summed E-state index contributed by atoms with van der Waals surface area (Å²) in [7, 11) is 4.13. The number of hydrogen-bond acceptors (Lipinski definition) is 4. The molecule has 0 unspecified atom stereocenters. The Morgan fingerprint density at radius 3 is 2.55 bits per heavy atom. The number of benzene rings is 1. The van der Waals surface area contributed by atoms with Gasteiger partial charge in [0.05, 0.1) is 12.1 Å². The highest BCUT2D eigenvalue weighted by Gasteiger charge is 2.07. The molecule has 0 aliphatic carbocycles. The molecule has 5 heteroatoms. The molecule has 2 rings (SSSR count).